The number of nitro benzene ring substituents is 1. The van der Waals surface area contributed by atoms with Crippen molar-refractivity contribution in [2.24, 2.45) is 34.1 Å². The number of anilines is 1. The third kappa shape index (κ3) is 9.86. The van der Waals surface area contributed by atoms with Crippen LogP contribution in [0, 0.1) is 39.2 Å². The predicted octanol–water partition coefficient (Wildman–Crippen LogP) is 4.86. The Bertz CT molecular complexity index is 1860. The van der Waals surface area contributed by atoms with Crippen molar-refractivity contribution >= 4 is 41.6 Å². The monoisotopic (exact) mass is 833 g/mol. The number of aliphatic hydroxyl groups excluding tert-OH is 1. The summed E-state index contributed by atoms with van der Waals surface area (Å²) in [5.74, 6) is 0.541. The maximum absolute atomic E-state index is 12.9. The number of ether oxygens (including phenoxy) is 2. The van der Waals surface area contributed by atoms with Crippen molar-refractivity contribution in [1.29, 1.82) is 0 Å². The molecule has 1 aromatic rings. The molecule has 2 aliphatic carbocycles. The Balaban J connectivity index is 0.000000201. The number of para-hydroxylation sites is 2. The molecule has 3 fully saturated rings. The van der Waals surface area contributed by atoms with Gasteiger partial charge in [-0.05, 0) is 68.9 Å². The van der Waals surface area contributed by atoms with Gasteiger partial charge in [0.1, 0.15) is 17.9 Å². The molecule has 2 unspecified atom stereocenters. The molecule has 60 heavy (non-hydrogen) atoms. The Hall–Kier alpha value is -4.83. The van der Waals surface area contributed by atoms with Crippen LogP contribution in [0.1, 0.15) is 73.1 Å². The maximum atomic E-state index is 12.9. The summed E-state index contributed by atoms with van der Waals surface area (Å²) in [6.45, 7) is 14.6. The zero-order valence-corrected chi connectivity index (χ0v) is 36.1. The molecule has 0 aromatic heterocycles. The number of allylic oxidation sites excluding steroid dienone is 3. The summed E-state index contributed by atoms with van der Waals surface area (Å²) >= 11 is 0. The molecule has 6 aliphatic rings. The molecule has 7 rings (SSSR count). The van der Waals surface area contributed by atoms with E-state index in [0.717, 1.165) is 50.2 Å². The Morgan fingerprint density at radius 1 is 1.05 bits per heavy atom. The van der Waals surface area contributed by atoms with Crippen LogP contribution >= 0.6 is 0 Å². The Kier molecular flexibility index (Phi) is 14.0. The molecule has 1 aromatic carbocycles. The van der Waals surface area contributed by atoms with Gasteiger partial charge in [0.25, 0.3) is 11.6 Å². The number of urea groups is 1. The van der Waals surface area contributed by atoms with Crippen LogP contribution in [0.3, 0.4) is 0 Å². The molecule has 0 bridgehead atoms. The van der Waals surface area contributed by atoms with Crippen molar-refractivity contribution in [3.8, 4) is 0 Å². The van der Waals surface area contributed by atoms with E-state index in [1.807, 2.05) is 36.6 Å². The average molecular weight is 834 g/mol. The summed E-state index contributed by atoms with van der Waals surface area (Å²) in [4.78, 5) is 73.4. The number of imide groups is 1. The first kappa shape index (κ1) is 44.7. The van der Waals surface area contributed by atoms with E-state index in [1.165, 1.54) is 23.6 Å². The smallest absolute Gasteiger partial charge is 0.328 e. The zero-order valence-electron chi connectivity index (χ0n) is 36.1. The van der Waals surface area contributed by atoms with Crippen LogP contribution in [0.2, 0.25) is 0 Å². The lowest BCUT2D eigenvalue weighted by atomic mass is 9.65. The van der Waals surface area contributed by atoms with Crippen LogP contribution < -0.4 is 4.90 Å². The van der Waals surface area contributed by atoms with E-state index in [0.29, 0.717) is 49.5 Å². The van der Waals surface area contributed by atoms with Crippen LogP contribution in [0.4, 0.5) is 16.2 Å². The average Bonchev–Trinajstić information content (AvgIpc) is 3.65. The fraction of sp³-hybridized carbons (Fsp3) is 0.659. The van der Waals surface area contributed by atoms with Crippen molar-refractivity contribution in [1.82, 2.24) is 19.6 Å². The third-order valence-electron chi connectivity index (χ3n) is 13.4. The minimum Gasteiger partial charge on any atom is -0.462 e. The van der Waals surface area contributed by atoms with Gasteiger partial charge in [0.05, 0.1) is 29.2 Å². The van der Waals surface area contributed by atoms with Gasteiger partial charge in [-0.1, -0.05) is 51.1 Å². The van der Waals surface area contributed by atoms with Gasteiger partial charge in [0.15, 0.2) is 12.2 Å². The second kappa shape index (κ2) is 18.8. The van der Waals surface area contributed by atoms with Gasteiger partial charge < -0.3 is 29.3 Å². The third-order valence-corrected chi connectivity index (χ3v) is 13.4. The number of likely N-dealkylation sites (N-methyl/N-ethyl adjacent to an activating group) is 2. The predicted molar refractivity (Wildman–Crippen MR) is 226 cm³/mol. The summed E-state index contributed by atoms with van der Waals surface area (Å²) in [6, 6.07) is 6.00. The first-order valence-corrected chi connectivity index (χ1v) is 21.5. The highest BCUT2D eigenvalue weighted by molar-refractivity contribution is 6.01. The second-order valence-corrected chi connectivity index (χ2v) is 18.0. The van der Waals surface area contributed by atoms with Crippen molar-refractivity contribution in [2.45, 2.75) is 104 Å². The molecule has 16 heteroatoms. The molecule has 3 amide bonds. The molecule has 0 saturated carbocycles. The van der Waals surface area contributed by atoms with E-state index in [1.54, 1.807) is 25.5 Å². The summed E-state index contributed by atoms with van der Waals surface area (Å²) < 4.78 is 11.6. The SMILES string of the molecule is CCC(C)(C)C(=O)O[C@H]1C[C@@H](C)C=C2C=C[C@H](C)[C@H](CC[C@@H]3C[C@@H](O)CC(=O)O3)[C@H]21.CN1C(=O)C2C(N=CN2CCN2CCN(c3ccccc3[N+](=O)[O-])CC2)N(C)C1=O. The number of carbonyl (C=O) groups excluding carboxylic acids is 4. The number of rotatable bonds is 11. The van der Waals surface area contributed by atoms with Crippen LogP contribution in [-0.4, -0.2) is 144 Å². The number of fused-ring (bicyclic) bond motifs is 2. The van der Waals surface area contributed by atoms with Crippen molar-refractivity contribution in [2.75, 3.05) is 58.3 Å². The molecule has 0 radical (unpaired) electrons. The molecule has 1 N–H and O–H groups in total. The number of amides is 3. The van der Waals surface area contributed by atoms with Gasteiger partial charge in [-0.25, -0.2) is 9.79 Å². The molecule has 9 atom stereocenters. The van der Waals surface area contributed by atoms with E-state index in [2.05, 4.69) is 42.0 Å². The normalized spacial score (nSPS) is 30.6. The van der Waals surface area contributed by atoms with Gasteiger partial charge in [0.2, 0.25) is 0 Å². The number of esters is 2. The molecule has 3 saturated heterocycles. The van der Waals surface area contributed by atoms with Gasteiger partial charge in [-0.3, -0.25) is 34.3 Å². The second-order valence-electron chi connectivity index (χ2n) is 18.0. The topological polar surface area (TPSA) is 179 Å². The zero-order chi connectivity index (χ0) is 43.5. The number of nitro groups is 1. The Labute approximate surface area is 353 Å². The van der Waals surface area contributed by atoms with Gasteiger partial charge in [-0.15, -0.1) is 0 Å². The van der Waals surface area contributed by atoms with Crippen molar-refractivity contribution < 1.29 is 38.7 Å². The molecular weight excluding hydrogens is 771 g/mol. The number of piperazine rings is 1. The molecule has 16 nitrogen and oxygen atoms in total. The van der Waals surface area contributed by atoms with Crippen molar-refractivity contribution in [3.63, 3.8) is 0 Å². The fourth-order valence-corrected chi connectivity index (χ4v) is 9.33. The number of hydrogen-bond acceptors (Lipinski definition) is 13. The van der Waals surface area contributed by atoms with E-state index >= 15 is 0 Å². The van der Waals surface area contributed by atoms with Crippen molar-refractivity contribution in [3.05, 3.63) is 58.2 Å². The summed E-state index contributed by atoms with van der Waals surface area (Å²) in [5, 5.41) is 21.2. The summed E-state index contributed by atoms with van der Waals surface area (Å²) in [5.41, 5.74) is 1.57. The van der Waals surface area contributed by atoms with E-state index < -0.39 is 23.7 Å². The number of aliphatic hydroxyl groups is 1. The number of aliphatic imine (C=N–C) groups is 1. The lowest BCUT2D eigenvalue weighted by Crippen LogP contribution is -2.64. The highest BCUT2D eigenvalue weighted by Crippen LogP contribution is 2.46. The fourth-order valence-electron chi connectivity index (χ4n) is 9.33. The minimum atomic E-state index is -0.601. The Morgan fingerprint density at radius 3 is 2.45 bits per heavy atom. The number of cyclic esters (lactones) is 1. The van der Waals surface area contributed by atoms with Gasteiger partial charge >= 0.3 is 18.0 Å². The Morgan fingerprint density at radius 2 is 1.77 bits per heavy atom. The van der Waals surface area contributed by atoms with Crippen LogP contribution in [-0.2, 0) is 23.9 Å². The quantitative estimate of drug-likeness (QED) is 0.182. The summed E-state index contributed by atoms with van der Waals surface area (Å²) in [7, 11) is 3.15. The highest BCUT2D eigenvalue weighted by atomic mass is 16.6. The largest absolute Gasteiger partial charge is 0.462 e. The minimum absolute atomic E-state index is 0.0949. The number of carbonyl (C=O) groups is 4. The molecular formula is C44H63N7O9. The van der Waals surface area contributed by atoms with Crippen LogP contribution in [0.25, 0.3) is 0 Å². The molecule has 4 heterocycles. The number of nitrogens with zero attached hydrogens (tertiary/aromatic N) is 7. The number of benzene rings is 1. The van der Waals surface area contributed by atoms with E-state index in [-0.39, 0.29) is 59.0 Å². The van der Waals surface area contributed by atoms with Crippen LogP contribution in [0.5, 0.6) is 0 Å². The van der Waals surface area contributed by atoms with Gasteiger partial charge in [-0.2, -0.15) is 0 Å². The first-order chi connectivity index (χ1) is 28.5. The maximum Gasteiger partial charge on any atom is 0.328 e. The highest BCUT2D eigenvalue weighted by Gasteiger charge is 2.48. The van der Waals surface area contributed by atoms with Crippen LogP contribution in [0.15, 0.2) is 53.1 Å². The van der Waals surface area contributed by atoms with E-state index in [9.17, 15) is 34.4 Å². The van der Waals surface area contributed by atoms with E-state index in [4.69, 9.17) is 9.47 Å². The lowest BCUT2D eigenvalue weighted by Gasteiger charge is -2.44. The summed E-state index contributed by atoms with van der Waals surface area (Å²) in [6.07, 6.45) is 10.8. The first-order valence-electron chi connectivity index (χ1n) is 21.5. The molecule has 4 aliphatic heterocycles. The molecule has 328 valence electrons. The molecule has 0 spiro atoms. The standard InChI is InChI=1S/C25H38O5.C19H25N7O4/c1-6-25(4,5)24(28)30-21-12-15(2)11-17-8-7-16(3)20(23(17)21)10-9-19-13-18(26)14-22(27)29-19;1-21-17-16(18(27)22(2)19(21)28)25(13-20-17)12-9-23-7-10-24(11-8-23)14-5-3-4-6-15(14)26(29)30/h7-8,11,15-16,18-21,23,26H,6,9-10,12-14H2,1-5H3;3-6,13,16-17H,7-12H2,1-2H3/t15-,16-,18+,19+,20-,21-,23-;/m0./s1. The number of hydrogen-bond donors (Lipinski definition) is 1. The van der Waals surface area contributed by atoms with Gasteiger partial charge in [0, 0.05) is 71.8 Å². The lowest BCUT2D eigenvalue weighted by molar-refractivity contribution is -0.384.